The number of rotatable bonds is 6. The van der Waals surface area contributed by atoms with Gasteiger partial charge in [-0.15, -0.1) is 0 Å². The number of ether oxygens (including phenoxy) is 3. The van der Waals surface area contributed by atoms with Crippen molar-refractivity contribution in [1.29, 1.82) is 0 Å². The van der Waals surface area contributed by atoms with Gasteiger partial charge in [-0.3, -0.25) is 14.5 Å². The number of aryl methyl sites for hydroxylation is 1. The fourth-order valence-corrected chi connectivity index (χ4v) is 5.33. The maximum absolute atomic E-state index is 13.5. The Balaban J connectivity index is 1.73. The second-order valence-electron chi connectivity index (χ2n) is 8.84. The molecule has 1 unspecified atom stereocenters. The topological polar surface area (TPSA) is 114 Å². The zero-order chi connectivity index (χ0) is 28.0. The predicted octanol–water partition coefficient (Wildman–Crippen LogP) is 5.83. The SMILES string of the molecule is COc1cc2nc(N3C(=O)C(=O)/C(=C(/O)c4cc(Cl)c(OC)c(Cl)c4)C3c3cccc(C)c3)[nH]c2cc1OC. The monoisotopic (exact) mass is 567 g/mol. The van der Waals surface area contributed by atoms with Crippen LogP contribution in [-0.4, -0.2) is 48.1 Å². The van der Waals surface area contributed by atoms with Gasteiger partial charge in [-0.25, -0.2) is 4.98 Å². The Bertz CT molecular complexity index is 1620. The highest BCUT2D eigenvalue weighted by Crippen LogP contribution is 2.44. The number of hydrogen-bond acceptors (Lipinski definition) is 7. The lowest BCUT2D eigenvalue weighted by atomic mass is 9.94. The van der Waals surface area contributed by atoms with Crippen LogP contribution in [0.2, 0.25) is 10.0 Å². The number of aliphatic hydroxyl groups excluding tert-OH is 1. The normalized spacial score (nSPS) is 16.7. The minimum atomic E-state index is -1.01. The highest BCUT2D eigenvalue weighted by Gasteiger charge is 2.48. The Hall–Kier alpha value is -4.21. The van der Waals surface area contributed by atoms with E-state index in [-0.39, 0.29) is 32.9 Å². The van der Waals surface area contributed by atoms with Crippen molar-refractivity contribution in [3.63, 3.8) is 0 Å². The van der Waals surface area contributed by atoms with E-state index in [2.05, 4.69) is 9.97 Å². The summed E-state index contributed by atoms with van der Waals surface area (Å²) >= 11 is 12.6. The number of hydrogen-bond donors (Lipinski definition) is 2. The van der Waals surface area contributed by atoms with Gasteiger partial charge in [0.2, 0.25) is 5.95 Å². The van der Waals surface area contributed by atoms with Crippen molar-refractivity contribution >= 4 is 57.6 Å². The number of H-pyrrole nitrogens is 1. The number of Topliss-reactive ketones (excluding diaryl/α,β-unsaturated/α-hetero) is 1. The lowest BCUT2D eigenvalue weighted by Crippen LogP contribution is -2.30. The van der Waals surface area contributed by atoms with Crippen LogP contribution in [0.1, 0.15) is 22.7 Å². The van der Waals surface area contributed by atoms with Crippen molar-refractivity contribution in [2.24, 2.45) is 0 Å². The molecule has 1 saturated heterocycles. The Morgan fingerprint density at radius 2 is 1.64 bits per heavy atom. The standard InChI is InChI=1S/C28H23Cl2N3O6/c1-13-6-5-7-14(8-13)23-22(24(34)15-9-16(29)26(39-4)17(30)10-15)25(35)27(36)33(23)28-31-18-11-20(37-2)21(38-3)12-19(18)32-28/h5-12,23,34H,1-4H3,(H,31,32)/b24-22+. The molecule has 1 aliphatic rings. The third kappa shape index (κ3) is 4.43. The van der Waals surface area contributed by atoms with Crippen molar-refractivity contribution in [1.82, 2.24) is 9.97 Å². The number of nitrogens with one attached hydrogen (secondary N) is 1. The summed E-state index contributed by atoms with van der Waals surface area (Å²) in [6, 6.07) is 12.5. The van der Waals surface area contributed by atoms with E-state index < -0.39 is 23.5 Å². The molecule has 39 heavy (non-hydrogen) atoms. The van der Waals surface area contributed by atoms with Gasteiger partial charge in [0, 0.05) is 17.7 Å². The van der Waals surface area contributed by atoms with E-state index in [1.54, 1.807) is 24.3 Å². The molecule has 1 amide bonds. The minimum absolute atomic E-state index is 0.110. The van der Waals surface area contributed by atoms with Gasteiger partial charge in [0.05, 0.1) is 54.0 Å². The molecule has 0 saturated carbocycles. The maximum atomic E-state index is 13.5. The quantitative estimate of drug-likeness (QED) is 0.171. The number of aromatic nitrogens is 2. The third-order valence-electron chi connectivity index (χ3n) is 6.48. The van der Waals surface area contributed by atoms with Gasteiger partial charge in [0.25, 0.3) is 5.78 Å². The summed E-state index contributed by atoms with van der Waals surface area (Å²) in [5, 5.41) is 11.7. The van der Waals surface area contributed by atoms with Crippen LogP contribution in [-0.2, 0) is 9.59 Å². The molecule has 5 rings (SSSR count). The van der Waals surface area contributed by atoms with Crippen molar-refractivity contribution in [3.8, 4) is 17.2 Å². The second-order valence-corrected chi connectivity index (χ2v) is 9.66. The summed E-state index contributed by atoms with van der Waals surface area (Å²) in [6.07, 6.45) is 0. The highest BCUT2D eigenvalue weighted by atomic mass is 35.5. The molecule has 200 valence electrons. The molecule has 0 radical (unpaired) electrons. The van der Waals surface area contributed by atoms with E-state index in [4.69, 9.17) is 37.4 Å². The van der Waals surface area contributed by atoms with E-state index in [0.717, 1.165) is 5.56 Å². The first-order chi connectivity index (χ1) is 18.7. The second kappa shape index (κ2) is 10.2. The molecular weight excluding hydrogens is 545 g/mol. The number of anilines is 1. The van der Waals surface area contributed by atoms with Crippen LogP contribution in [0.4, 0.5) is 5.95 Å². The molecule has 2 heterocycles. The summed E-state index contributed by atoms with van der Waals surface area (Å²) in [5.74, 6) is -0.950. The number of aromatic amines is 1. The van der Waals surface area contributed by atoms with Gasteiger partial charge in [-0.1, -0.05) is 53.0 Å². The van der Waals surface area contributed by atoms with Crippen LogP contribution >= 0.6 is 23.2 Å². The van der Waals surface area contributed by atoms with Crippen molar-refractivity contribution < 1.29 is 28.9 Å². The molecular formula is C28H23Cl2N3O6. The fourth-order valence-electron chi connectivity index (χ4n) is 4.69. The van der Waals surface area contributed by atoms with Crippen LogP contribution in [0.5, 0.6) is 17.2 Å². The van der Waals surface area contributed by atoms with Gasteiger partial charge >= 0.3 is 5.91 Å². The summed E-state index contributed by atoms with van der Waals surface area (Å²) < 4.78 is 15.9. The zero-order valence-corrected chi connectivity index (χ0v) is 22.8. The number of nitrogens with zero attached hydrogens (tertiary/aromatic N) is 2. The van der Waals surface area contributed by atoms with Crippen LogP contribution in [0, 0.1) is 6.92 Å². The smallest absolute Gasteiger partial charge is 0.302 e. The van der Waals surface area contributed by atoms with Gasteiger partial charge in [-0.05, 0) is 24.6 Å². The Morgan fingerprint density at radius 3 is 2.26 bits per heavy atom. The first kappa shape index (κ1) is 26.4. The maximum Gasteiger partial charge on any atom is 0.302 e. The van der Waals surface area contributed by atoms with Crippen LogP contribution < -0.4 is 19.1 Å². The van der Waals surface area contributed by atoms with Crippen LogP contribution in [0.3, 0.4) is 0 Å². The van der Waals surface area contributed by atoms with Crippen LogP contribution in [0.15, 0.2) is 54.1 Å². The van der Waals surface area contributed by atoms with Gasteiger partial charge in [0.1, 0.15) is 5.76 Å². The molecule has 1 fully saturated rings. The van der Waals surface area contributed by atoms with Gasteiger partial charge < -0.3 is 24.3 Å². The van der Waals surface area contributed by atoms with Crippen LogP contribution in [0.25, 0.3) is 16.8 Å². The Kier molecular flexibility index (Phi) is 6.88. The van der Waals surface area contributed by atoms with Gasteiger partial charge in [0.15, 0.2) is 17.2 Å². The number of aliphatic hydroxyl groups is 1. The van der Waals surface area contributed by atoms with Gasteiger partial charge in [-0.2, -0.15) is 0 Å². The number of imidazole rings is 1. The van der Waals surface area contributed by atoms with Crippen molar-refractivity contribution in [2.75, 3.05) is 26.2 Å². The third-order valence-corrected chi connectivity index (χ3v) is 7.04. The molecule has 0 spiro atoms. The molecule has 11 heteroatoms. The van der Waals surface area contributed by atoms with E-state index in [0.29, 0.717) is 28.1 Å². The Labute approximate surface area is 233 Å². The molecule has 4 aromatic rings. The average molecular weight is 568 g/mol. The number of benzene rings is 3. The first-order valence-electron chi connectivity index (χ1n) is 11.7. The predicted molar refractivity (Wildman–Crippen MR) is 148 cm³/mol. The molecule has 9 nitrogen and oxygen atoms in total. The Morgan fingerprint density at radius 1 is 0.974 bits per heavy atom. The van der Waals surface area contributed by atoms with Crippen molar-refractivity contribution in [2.45, 2.75) is 13.0 Å². The summed E-state index contributed by atoms with van der Waals surface area (Å²) in [6.45, 7) is 1.89. The summed E-state index contributed by atoms with van der Waals surface area (Å²) in [4.78, 5) is 35.9. The molecule has 2 N–H and O–H groups in total. The minimum Gasteiger partial charge on any atom is -0.507 e. The van der Waals surface area contributed by atoms with E-state index >= 15 is 0 Å². The lowest BCUT2D eigenvalue weighted by molar-refractivity contribution is -0.132. The average Bonchev–Trinajstić information content (AvgIpc) is 3.44. The molecule has 1 atom stereocenters. The lowest BCUT2D eigenvalue weighted by Gasteiger charge is -2.23. The summed E-state index contributed by atoms with van der Waals surface area (Å²) in [5.41, 5.74) is 2.55. The fraction of sp³-hybridized carbons (Fsp3) is 0.179. The van der Waals surface area contributed by atoms with E-state index in [1.165, 1.54) is 38.4 Å². The van der Waals surface area contributed by atoms with Crippen molar-refractivity contribution in [3.05, 3.63) is 80.8 Å². The van der Waals surface area contributed by atoms with E-state index in [1.807, 2.05) is 19.1 Å². The zero-order valence-electron chi connectivity index (χ0n) is 21.3. The molecule has 0 bridgehead atoms. The number of carbonyl (C=O) groups is 2. The van der Waals surface area contributed by atoms with E-state index in [9.17, 15) is 14.7 Å². The number of carbonyl (C=O) groups excluding carboxylic acids is 2. The molecule has 3 aromatic carbocycles. The summed E-state index contributed by atoms with van der Waals surface area (Å²) in [7, 11) is 4.43. The molecule has 1 aromatic heterocycles. The number of amides is 1. The molecule has 0 aliphatic carbocycles. The largest absolute Gasteiger partial charge is 0.507 e. The number of halogens is 2. The molecule has 1 aliphatic heterocycles. The number of methoxy groups -OCH3 is 3. The highest BCUT2D eigenvalue weighted by molar-refractivity contribution is 6.51. The number of ketones is 1. The first-order valence-corrected chi connectivity index (χ1v) is 12.5. The number of fused-ring (bicyclic) bond motifs is 1.